The van der Waals surface area contributed by atoms with Crippen molar-refractivity contribution >= 4 is 47.8 Å². The van der Waals surface area contributed by atoms with E-state index in [-0.39, 0.29) is 44.4 Å². The van der Waals surface area contributed by atoms with Crippen molar-refractivity contribution in [2.75, 3.05) is 99.6 Å². The molecule has 23 heteroatoms. The molecule has 0 aliphatic heterocycles. The number of hydrogen-bond donors (Lipinski definition) is 7. The van der Waals surface area contributed by atoms with Gasteiger partial charge in [0.05, 0.1) is 101 Å². The van der Waals surface area contributed by atoms with Crippen LogP contribution >= 0.6 is 0 Å². The Labute approximate surface area is 385 Å². The van der Waals surface area contributed by atoms with Gasteiger partial charge in [-0.3, -0.25) is 38.4 Å². The highest BCUT2D eigenvalue weighted by Gasteiger charge is 2.40. The molecule has 0 aromatic rings. The molecular weight excluding hydrogens is 884 g/mol. The molecule has 0 aliphatic carbocycles. The van der Waals surface area contributed by atoms with E-state index < -0.39 is 188 Å². The minimum atomic E-state index is -1.45. The Bertz CT molecular complexity index is 1390. The molecule has 0 aliphatic rings. The first-order valence-corrected chi connectivity index (χ1v) is 22.0. The average Bonchev–Trinajstić information content (AvgIpc) is 3.32. The molecule has 0 fully saturated rings. The molecule has 0 bridgehead atoms. The highest BCUT2D eigenvalue weighted by Crippen LogP contribution is 2.34. The fraction of sp³-hybridized carbons (Fsp3) is 0.814. The van der Waals surface area contributed by atoms with E-state index in [4.69, 9.17) is 43.4 Å². The molecule has 0 spiro atoms. The van der Waals surface area contributed by atoms with E-state index in [9.17, 15) is 63.9 Å². The van der Waals surface area contributed by atoms with Gasteiger partial charge in [0.25, 0.3) is 0 Å². The summed E-state index contributed by atoms with van der Waals surface area (Å²) >= 11 is 0. The normalized spacial score (nSPS) is 14.5. The van der Waals surface area contributed by atoms with Gasteiger partial charge >= 0.3 is 47.8 Å². The van der Waals surface area contributed by atoms with Gasteiger partial charge in [-0.25, -0.2) is 0 Å². The van der Waals surface area contributed by atoms with E-state index >= 15 is 0 Å². The molecule has 0 saturated carbocycles. The Hall–Kier alpha value is -4.52. The van der Waals surface area contributed by atoms with Gasteiger partial charge in [-0.05, 0) is 51.4 Å². The van der Waals surface area contributed by atoms with Gasteiger partial charge in [0, 0.05) is 0 Å². The van der Waals surface area contributed by atoms with Gasteiger partial charge in [0.2, 0.25) is 0 Å². The molecule has 384 valence electrons. The van der Waals surface area contributed by atoms with Crippen molar-refractivity contribution in [2.45, 2.75) is 79.1 Å². The van der Waals surface area contributed by atoms with Crippen LogP contribution in [0.2, 0.25) is 0 Å². The molecule has 66 heavy (non-hydrogen) atoms. The average molecular weight is 959 g/mol. The Morgan fingerprint density at radius 3 is 0.758 bits per heavy atom. The lowest BCUT2D eigenvalue weighted by Gasteiger charge is -2.29. The standard InChI is InChI=1S/C37H62O21.C6H12O2/c1-3-25(32(46)53-12-5-39)19-27(34(48)55-14-7-41)21-29(36(50)57-16-9-43)23-30(37(51)58-17-10-44)22-28(35(49)56-15-8-42)20-26(33(47)54-13-6-40)18-24(2)31(45)52-11-4-38;1-4-5(2)6(7)8-3/h24-30,38-44H,3-23H2,1-2H3;5H,4H2,1-3H3. The van der Waals surface area contributed by atoms with Gasteiger partial charge in [-0.1, -0.05) is 27.7 Å². The van der Waals surface area contributed by atoms with Crippen LogP contribution in [-0.4, -0.2) is 183 Å². The van der Waals surface area contributed by atoms with Crippen LogP contribution in [-0.2, 0) is 76.3 Å². The van der Waals surface area contributed by atoms with Crippen LogP contribution in [0.4, 0.5) is 0 Å². The Morgan fingerprint density at radius 1 is 0.318 bits per heavy atom. The van der Waals surface area contributed by atoms with Crippen LogP contribution in [0.3, 0.4) is 0 Å². The minimum Gasteiger partial charge on any atom is -0.469 e. The van der Waals surface area contributed by atoms with Crippen molar-refractivity contribution in [1.29, 1.82) is 0 Å². The van der Waals surface area contributed by atoms with E-state index in [2.05, 4.69) is 4.74 Å². The van der Waals surface area contributed by atoms with Crippen LogP contribution in [0.25, 0.3) is 0 Å². The van der Waals surface area contributed by atoms with Gasteiger partial charge in [-0.15, -0.1) is 0 Å². The minimum absolute atomic E-state index is 0.0556. The number of methoxy groups -OCH3 is 1. The van der Waals surface area contributed by atoms with Crippen LogP contribution in [0.5, 0.6) is 0 Å². The number of rotatable bonds is 36. The third kappa shape index (κ3) is 27.8. The summed E-state index contributed by atoms with van der Waals surface area (Å²) < 4.78 is 40.3. The summed E-state index contributed by atoms with van der Waals surface area (Å²) in [5.41, 5.74) is 0. The summed E-state index contributed by atoms with van der Waals surface area (Å²) in [7, 11) is 1.41. The summed E-state index contributed by atoms with van der Waals surface area (Å²) in [6.45, 7) is -0.0359. The van der Waals surface area contributed by atoms with Crippen molar-refractivity contribution < 1.29 is 112 Å². The molecule has 0 radical (unpaired) electrons. The lowest BCUT2D eigenvalue weighted by atomic mass is 9.78. The number of carbonyl (C=O) groups is 8. The molecule has 0 amide bonds. The summed E-state index contributed by atoms with van der Waals surface area (Å²) in [4.78, 5) is 103. The lowest BCUT2D eigenvalue weighted by molar-refractivity contribution is -0.158. The van der Waals surface area contributed by atoms with Crippen LogP contribution in [0.15, 0.2) is 0 Å². The summed E-state index contributed by atoms with van der Waals surface area (Å²) in [6.07, 6.45) is -1.43. The maximum atomic E-state index is 13.6. The fourth-order valence-corrected chi connectivity index (χ4v) is 6.35. The third-order valence-corrected chi connectivity index (χ3v) is 9.94. The van der Waals surface area contributed by atoms with Crippen LogP contribution in [0.1, 0.15) is 79.1 Å². The maximum absolute atomic E-state index is 13.6. The van der Waals surface area contributed by atoms with Crippen molar-refractivity contribution in [1.82, 2.24) is 0 Å². The van der Waals surface area contributed by atoms with Crippen molar-refractivity contribution in [3.63, 3.8) is 0 Å². The first-order valence-electron chi connectivity index (χ1n) is 22.0. The summed E-state index contributed by atoms with van der Waals surface area (Å²) in [5, 5.41) is 64.9. The molecule has 0 rings (SSSR count). The topological polar surface area (TPSA) is 352 Å². The summed E-state index contributed by atoms with van der Waals surface area (Å²) in [5.74, 6) is -15.2. The number of aliphatic hydroxyl groups is 7. The Kier molecular flexibility index (Phi) is 38.2. The van der Waals surface area contributed by atoms with Gasteiger partial charge in [-0.2, -0.15) is 0 Å². The molecule has 0 saturated heterocycles. The lowest BCUT2D eigenvalue weighted by Crippen LogP contribution is -2.35. The zero-order valence-electron chi connectivity index (χ0n) is 38.8. The second-order valence-electron chi connectivity index (χ2n) is 15.0. The van der Waals surface area contributed by atoms with Crippen molar-refractivity contribution in [3.8, 4) is 0 Å². The largest absolute Gasteiger partial charge is 0.469 e. The van der Waals surface area contributed by atoms with Crippen LogP contribution < -0.4 is 0 Å². The number of ether oxygens (including phenoxy) is 8. The molecule has 0 aromatic carbocycles. The third-order valence-electron chi connectivity index (χ3n) is 9.94. The van der Waals surface area contributed by atoms with E-state index in [1.54, 1.807) is 6.92 Å². The molecule has 8 unspecified atom stereocenters. The molecule has 0 aromatic heterocycles. The highest BCUT2D eigenvalue weighted by atomic mass is 16.6. The summed E-state index contributed by atoms with van der Waals surface area (Å²) in [6, 6.07) is 0. The Morgan fingerprint density at radius 2 is 0.545 bits per heavy atom. The second kappa shape index (κ2) is 39.6. The zero-order chi connectivity index (χ0) is 50.5. The highest BCUT2D eigenvalue weighted by molar-refractivity contribution is 5.81. The van der Waals surface area contributed by atoms with Crippen LogP contribution in [0, 0.1) is 47.3 Å². The van der Waals surface area contributed by atoms with E-state index in [0.717, 1.165) is 6.42 Å². The Balaban J connectivity index is 0. The van der Waals surface area contributed by atoms with Crippen molar-refractivity contribution in [2.24, 2.45) is 47.3 Å². The van der Waals surface area contributed by atoms with E-state index in [0.29, 0.717) is 0 Å². The number of carbonyl (C=O) groups excluding carboxylic acids is 8. The molecule has 23 nitrogen and oxygen atoms in total. The van der Waals surface area contributed by atoms with Crippen molar-refractivity contribution in [3.05, 3.63) is 0 Å². The van der Waals surface area contributed by atoms with Gasteiger partial charge in [0.1, 0.15) is 46.2 Å². The fourth-order valence-electron chi connectivity index (χ4n) is 6.35. The van der Waals surface area contributed by atoms with Gasteiger partial charge in [0.15, 0.2) is 0 Å². The molecular formula is C43H74O23. The van der Waals surface area contributed by atoms with Gasteiger partial charge < -0.3 is 73.6 Å². The van der Waals surface area contributed by atoms with E-state index in [1.807, 2.05) is 13.8 Å². The molecule has 7 N–H and O–H groups in total. The second-order valence-corrected chi connectivity index (χ2v) is 15.0. The monoisotopic (exact) mass is 958 g/mol. The number of esters is 8. The molecule has 0 heterocycles. The number of aliphatic hydroxyl groups excluding tert-OH is 7. The zero-order valence-corrected chi connectivity index (χ0v) is 38.8. The number of hydrogen-bond acceptors (Lipinski definition) is 23. The first-order chi connectivity index (χ1) is 31.5. The quantitative estimate of drug-likeness (QED) is 0.0293. The smallest absolute Gasteiger partial charge is 0.309 e. The molecule has 8 atom stereocenters. The predicted octanol–water partition coefficient (Wildman–Crippen LogP) is -0.976. The predicted molar refractivity (Wildman–Crippen MR) is 226 cm³/mol. The first kappa shape index (κ1) is 63.6. The van der Waals surface area contributed by atoms with E-state index in [1.165, 1.54) is 14.0 Å². The maximum Gasteiger partial charge on any atom is 0.309 e. The SMILES string of the molecule is CCC(C)C(=O)OC.CCC(CC(CC(CC(CC(CC(CC(C)C(=O)OCCO)C(=O)OCCO)C(=O)OCCO)C(=O)OCCO)C(=O)OCCO)C(=O)OCCO)C(=O)OCCO.